The second-order valence-corrected chi connectivity index (χ2v) is 3.44. The van der Waals surface area contributed by atoms with Crippen LogP contribution in [0.5, 0.6) is 0 Å². The first-order chi connectivity index (χ1) is 5.79. The molecule has 0 heterocycles. The predicted octanol–water partition coefficient (Wildman–Crippen LogP) is 1.02. The van der Waals surface area contributed by atoms with E-state index in [9.17, 15) is 0 Å². The number of benzene rings is 1. The second-order valence-electron chi connectivity index (χ2n) is 2.48. The fourth-order valence-corrected chi connectivity index (χ4v) is 1.15. The van der Waals surface area contributed by atoms with Gasteiger partial charge in [0.05, 0.1) is 0 Å². The van der Waals surface area contributed by atoms with Gasteiger partial charge in [0.25, 0.3) is 0 Å². The van der Waals surface area contributed by atoms with Gasteiger partial charge in [-0.05, 0) is 0 Å². The van der Waals surface area contributed by atoms with Crippen LogP contribution in [0.3, 0.4) is 0 Å². The molecule has 0 amide bonds. The predicted molar refractivity (Wildman–Crippen MR) is 64.1 cm³/mol. The topological polar surface area (TPSA) is 38.4 Å². The summed E-state index contributed by atoms with van der Waals surface area (Å²) >= 11 is 2.23. The van der Waals surface area contributed by atoms with E-state index in [2.05, 4.69) is 33.1 Å². The Morgan fingerprint density at radius 1 is 1.31 bits per heavy atom. The molecule has 1 rings (SSSR count). The fourth-order valence-electron chi connectivity index (χ4n) is 0.944. The molecule has 0 aliphatic carbocycles. The molecule has 0 saturated carbocycles. The Balaban J connectivity index is 0.00000144. The van der Waals surface area contributed by atoms with Crippen molar-refractivity contribution in [3.63, 3.8) is 0 Å². The molecule has 0 bridgehead atoms. The molecule has 0 aliphatic heterocycles. The van der Waals surface area contributed by atoms with Gasteiger partial charge in [0, 0.05) is 0 Å². The third kappa shape index (κ3) is 5.86. The van der Waals surface area contributed by atoms with E-state index in [-0.39, 0.29) is 17.0 Å². The van der Waals surface area contributed by atoms with E-state index < -0.39 is 0 Å². The summed E-state index contributed by atoms with van der Waals surface area (Å²) in [5, 5.41) is 0. The van der Waals surface area contributed by atoms with Gasteiger partial charge < -0.3 is 0 Å². The zero-order valence-corrected chi connectivity index (χ0v) is 10.8. The molecule has 0 aliphatic rings. The fraction of sp³-hybridized carbons (Fsp3) is 0.222. The molecule has 4 heteroatoms. The first kappa shape index (κ1) is 12.7. The summed E-state index contributed by atoms with van der Waals surface area (Å²) in [4.78, 5) is 4.09. The van der Waals surface area contributed by atoms with Crippen LogP contribution in [0.1, 0.15) is 5.56 Å². The van der Waals surface area contributed by atoms with Crippen molar-refractivity contribution in [3.8, 4) is 0 Å². The normalized spacial score (nSPS) is 10.7. The molecular formula is C9H13BrN2Se. The number of nitrogens with two attached hydrogens (primary N) is 1. The van der Waals surface area contributed by atoms with Crippen molar-refractivity contribution in [2.45, 2.75) is 6.42 Å². The average Bonchev–Trinajstić information content (AvgIpc) is 2.05. The molecule has 0 fully saturated rings. The molecule has 0 atom stereocenters. The van der Waals surface area contributed by atoms with Crippen LogP contribution in [-0.2, 0) is 6.42 Å². The molecule has 2 nitrogen and oxygen atoms in total. The third-order valence-electron chi connectivity index (χ3n) is 1.52. The average molecular weight is 308 g/mol. The zero-order valence-electron chi connectivity index (χ0n) is 7.18. The molecular weight excluding hydrogens is 295 g/mol. The summed E-state index contributed by atoms with van der Waals surface area (Å²) in [5.41, 5.74) is 6.68. The van der Waals surface area contributed by atoms with Gasteiger partial charge in [-0.15, -0.1) is 17.0 Å². The monoisotopic (exact) mass is 308 g/mol. The van der Waals surface area contributed by atoms with Crippen molar-refractivity contribution >= 4 is 37.7 Å². The SMILES string of the molecule is Br.NC([SeH])=NCCc1ccccc1. The number of nitrogens with zero attached hydrogens (tertiary/aromatic N) is 1. The molecule has 2 N–H and O–H groups in total. The standard InChI is InChI=1S/C9H12N2Se.BrH/c10-9(12)11-7-6-8-4-2-1-3-5-8;/h1-5H,6-7H2,(H3,10,11,12);1H. The number of aliphatic imine (C=N–C) groups is 1. The first-order valence-electron chi connectivity index (χ1n) is 3.82. The summed E-state index contributed by atoms with van der Waals surface area (Å²) in [5.74, 6) is 0. The van der Waals surface area contributed by atoms with Crippen molar-refractivity contribution < 1.29 is 0 Å². The van der Waals surface area contributed by atoms with Gasteiger partial charge in [0.1, 0.15) is 0 Å². The van der Waals surface area contributed by atoms with E-state index in [4.69, 9.17) is 5.73 Å². The van der Waals surface area contributed by atoms with Gasteiger partial charge >= 0.3 is 80.3 Å². The summed E-state index contributed by atoms with van der Waals surface area (Å²) in [7, 11) is 0. The molecule has 13 heavy (non-hydrogen) atoms. The first-order valence-corrected chi connectivity index (χ1v) is 4.75. The molecule has 0 spiro atoms. The Morgan fingerprint density at radius 3 is 2.46 bits per heavy atom. The molecule has 0 saturated heterocycles. The van der Waals surface area contributed by atoms with E-state index in [1.165, 1.54) is 5.56 Å². The minimum atomic E-state index is 0. The van der Waals surface area contributed by atoms with Gasteiger partial charge in [0.2, 0.25) is 0 Å². The molecule has 0 unspecified atom stereocenters. The zero-order chi connectivity index (χ0) is 8.81. The van der Waals surface area contributed by atoms with Gasteiger partial charge in [-0.2, -0.15) is 0 Å². The van der Waals surface area contributed by atoms with Crippen LogP contribution >= 0.6 is 17.0 Å². The number of amidine groups is 1. The molecule has 72 valence electrons. The summed E-state index contributed by atoms with van der Waals surface area (Å²) in [6, 6.07) is 10.3. The van der Waals surface area contributed by atoms with Crippen molar-refractivity contribution in [3.05, 3.63) is 35.9 Å². The summed E-state index contributed by atoms with van der Waals surface area (Å²) < 4.78 is 0.596. The van der Waals surface area contributed by atoms with Crippen molar-refractivity contribution in [2.24, 2.45) is 10.7 Å². The maximum absolute atomic E-state index is 5.38. The second kappa shape index (κ2) is 7.13. The van der Waals surface area contributed by atoms with Crippen LogP contribution in [0.2, 0.25) is 0 Å². The van der Waals surface area contributed by atoms with Crippen LogP contribution in [0.4, 0.5) is 0 Å². The Labute approximate surface area is 97.2 Å². The van der Waals surface area contributed by atoms with Crippen molar-refractivity contribution in [1.82, 2.24) is 0 Å². The maximum atomic E-state index is 5.38. The van der Waals surface area contributed by atoms with Crippen LogP contribution in [0.25, 0.3) is 0 Å². The molecule has 1 aromatic rings. The summed E-state index contributed by atoms with van der Waals surface area (Å²) in [6.07, 6.45) is 0.958. The Bertz CT molecular complexity index is 258. The van der Waals surface area contributed by atoms with Crippen molar-refractivity contribution in [2.75, 3.05) is 6.54 Å². The Kier molecular flexibility index (Phi) is 6.96. The van der Waals surface area contributed by atoms with E-state index in [0.717, 1.165) is 13.0 Å². The van der Waals surface area contributed by atoms with Crippen LogP contribution in [0, 0.1) is 0 Å². The molecule has 1 aromatic carbocycles. The van der Waals surface area contributed by atoms with Gasteiger partial charge in [0.15, 0.2) is 0 Å². The van der Waals surface area contributed by atoms with Gasteiger partial charge in [-0.1, -0.05) is 0 Å². The number of rotatable bonds is 3. The number of hydrogen-bond acceptors (Lipinski definition) is 1. The van der Waals surface area contributed by atoms with Crippen molar-refractivity contribution in [1.29, 1.82) is 0 Å². The molecule has 0 radical (unpaired) electrons. The van der Waals surface area contributed by atoms with E-state index in [1.54, 1.807) is 0 Å². The Hall–Kier alpha value is -0.311. The van der Waals surface area contributed by atoms with Crippen LogP contribution < -0.4 is 5.73 Å². The van der Waals surface area contributed by atoms with Crippen LogP contribution in [0.15, 0.2) is 35.3 Å². The minimum absolute atomic E-state index is 0. The number of hydrogen-bond donors (Lipinski definition) is 1. The quantitative estimate of drug-likeness (QED) is 0.505. The number of halogens is 1. The van der Waals surface area contributed by atoms with Gasteiger partial charge in [-0.25, -0.2) is 0 Å². The van der Waals surface area contributed by atoms with E-state index >= 15 is 0 Å². The third-order valence-corrected chi connectivity index (χ3v) is 1.81. The van der Waals surface area contributed by atoms with E-state index in [0.29, 0.717) is 4.73 Å². The van der Waals surface area contributed by atoms with Gasteiger partial charge in [-0.3, -0.25) is 0 Å². The Morgan fingerprint density at radius 2 is 1.92 bits per heavy atom. The summed E-state index contributed by atoms with van der Waals surface area (Å²) in [6.45, 7) is 0.768. The van der Waals surface area contributed by atoms with E-state index in [1.807, 2.05) is 18.2 Å². The molecule has 0 aromatic heterocycles. The van der Waals surface area contributed by atoms with Crippen LogP contribution in [-0.4, -0.2) is 27.3 Å².